The predicted octanol–water partition coefficient (Wildman–Crippen LogP) is 0.0642. The molecule has 1 aromatic heterocycles. The molecule has 2 N–H and O–H groups in total. The van der Waals surface area contributed by atoms with E-state index in [1.165, 1.54) is 0 Å². The first kappa shape index (κ1) is 10.1. The number of aromatic nitrogens is 3. The first-order chi connectivity index (χ1) is 7.25. The Hall–Kier alpha value is -1.43. The van der Waals surface area contributed by atoms with Gasteiger partial charge in [-0.05, 0) is 19.8 Å². The molecule has 0 amide bonds. The molecule has 1 aliphatic heterocycles. The number of aryl methyl sites for hydroxylation is 1. The average molecular weight is 210 g/mol. The largest absolute Gasteiger partial charge is 0.376 e. The van der Waals surface area contributed by atoms with Gasteiger partial charge >= 0.3 is 0 Å². The fourth-order valence-electron chi connectivity index (χ4n) is 1.49. The predicted molar refractivity (Wildman–Crippen MR) is 54.9 cm³/mol. The molecule has 1 aromatic rings. The van der Waals surface area contributed by atoms with Crippen LogP contribution in [0.5, 0.6) is 0 Å². The lowest BCUT2D eigenvalue weighted by Crippen LogP contribution is -2.23. The summed E-state index contributed by atoms with van der Waals surface area (Å²) in [5, 5.41) is 10.6. The number of ether oxygens (including phenoxy) is 1. The fourth-order valence-corrected chi connectivity index (χ4v) is 1.49. The zero-order valence-corrected chi connectivity index (χ0v) is 8.62. The van der Waals surface area contributed by atoms with E-state index < -0.39 is 0 Å². The SMILES string of the molecule is Cc1nnc(NC[C@@H]2CCCO2)[nH]c1=O. The Bertz CT molecular complexity index is 384. The number of aromatic amines is 1. The lowest BCUT2D eigenvalue weighted by Gasteiger charge is -2.10. The molecule has 2 heterocycles. The molecule has 2 rings (SSSR count). The van der Waals surface area contributed by atoms with Gasteiger partial charge < -0.3 is 10.1 Å². The monoisotopic (exact) mass is 210 g/mol. The number of nitrogens with zero attached hydrogens (tertiary/aromatic N) is 2. The Morgan fingerprint density at radius 2 is 2.47 bits per heavy atom. The molecule has 1 saturated heterocycles. The summed E-state index contributed by atoms with van der Waals surface area (Å²) in [6, 6.07) is 0. The van der Waals surface area contributed by atoms with E-state index in [0.717, 1.165) is 19.4 Å². The summed E-state index contributed by atoms with van der Waals surface area (Å²) >= 11 is 0. The van der Waals surface area contributed by atoms with Crippen LogP contribution in [0, 0.1) is 6.92 Å². The quantitative estimate of drug-likeness (QED) is 0.737. The Kier molecular flexibility index (Phi) is 2.96. The molecule has 0 saturated carbocycles. The van der Waals surface area contributed by atoms with Crippen LogP contribution >= 0.6 is 0 Å². The van der Waals surface area contributed by atoms with Crippen molar-refractivity contribution in [2.45, 2.75) is 25.9 Å². The van der Waals surface area contributed by atoms with Crippen LogP contribution in [0.3, 0.4) is 0 Å². The molecule has 0 radical (unpaired) electrons. The van der Waals surface area contributed by atoms with Gasteiger partial charge in [-0.3, -0.25) is 9.78 Å². The second kappa shape index (κ2) is 4.39. The minimum Gasteiger partial charge on any atom is -0.376 e. The van der Waals surface area contributed by atoms with E-state index in [2.05, 4.69) is 20.5 Å². The Labute approximate surface area is 87.1 Å². The van der Waals surface area contributed by atoms with Gasteiger partial charge in [0.2, 0.25) is 5.95 Å². The molecule has 6 heteroatoms. The van der Waals surface area contributed by atoms with Gasteiger partial charge in [-0.25, -0.2) is 0 Å². The Morgan fingerprint density at radius 1 is 1.60 bits per heavy atom. The molecular formula is C9H14N4O2. The van der Waals surface area contributed by atoms with E-state index in [9.17, 15) is 4.79 Å². The summed E-state index contributed by atoms with van der Waals surface area (Å²) < 4.78 is 5.43. The van der Waals surface area contributed by atoms with Gasteiger partial charge in [-0.15, -0.1) is 10.2 Å². The van der Waals surface area contributed by atoms with Crippen molar-refractivity contribution in [2.24, 2.45) is 0 Å². The third-order valence-corrected chi connectivity index (χ3v) is 2.38. The molecular weight excluding hydrogens is 196 g/mol. The molecule has 1 fully saturated rings. The van der Waals surface area contributed by atoms with Gasteiger partial charge in [0.05, 0.1) is 6.10 Å². The maximum Gasteiger partial charge on any atom is 0.273 e. The second-order valence-corrected chi connectivity index (χ2v) is 3.60. The van der Waals surface area contributed by atoms with E-state index in [0.29, 0.717) is 18.2 Å². The van der Waals surface area contributed by atoms with Crippen molar-refractivity contribution in [3.05, 3.63) is 16.0 Å². The summed E-state index contributed by atoms with van der Waals surface area (Å²) in [4.78, 5) is 13.8. The maximum absolute atomic E-state index is 11.2. The Balaban J connectivity index is 1.93. The van der Waals surface area contributed by atoms with Crippen molar-refractivity contribution in [1.82, 2.24) is 15.2 Å². The van der Waals surface area contributed by atoms with Crippen molar-refractivity contribution in [1.29, 1.82) is 0 Å². The van der Waals surface area contributed by atoms with Crippen LogP contribution in [-0.2, 0) is 4.74 Å². The average Bonchev–Trinajstić information content (AvgIpc) is 2.73. The van der Waals surface area contributed by atoms with Crippen molar-refractivity contribution in [2.75, 3.05) is 18.5 Å². The van der Waals surface area contributed by atoms with E-state index in [4.69, 9.17) is 4.74 Å². The Morgan fingerprint density at radius 3 is 3.13 bits per heavy atom. The van der Waals surface area contributed by atoms with Gasteiger partial charge in [0.1, 0.15) is 5.69 Å². The van der Waals surface area contributed by atoms with Crippen LogP contribution in [0.25, 0.3) is 0 Å². The minimum atomic E-state index is -0.208. The van der Waals surface area contributed by atoms with Crippen LogP contribution in [0.2, 0.25) is 0 Å². The van der Waals surface area contributed by atoms with Crippen LogP contribution in [0.15, 0.2) is 4.79 Å². The molecule has 82 valence electrons. The number of rotatable bonds is 3. The molecule has 15 heavy (non-hydrogen) atoms. The highest BCUT2D eigenvalue weighted by molar-refractivity contribution is 5.21. The molecule has 1 aliphatic rings. The van der Waals surface area contributed by atoms with Crippen molar-refractivity contribution >= 4 is 5.95 Å². The number of H-pyrrole nitrogens is 1. The van der Waals surface area contributed by atoms with Gasteiger partial charge in [0.15, 0.2) is 0 Å². The molecule has 0 bridgehead atoms. The zero-order valence-electron chi connectivity index (χ0n) is 8.62. The molecule has 0 aromatic carbocycles. The van der Waals surface area contributed by atoms with E-state index in [-0.39, 0.29) is 11.7 Å². The molecule has 0 aliphatic carbocycles. The standard InChI is InChI=1S/C9H14N4O2/c1-6-8(14)11-9(13-12-6)10-5-7-3-2-4-15-7/h7H,2-5H2,1H3,(H2,10,11,13,14)/t7-/m0/s1. The first-order valence-electron chi connectivity index (χ1n) is 5.05. The lowest BCUT2D eigenvalue weighted by atomic mass is 10.2. The van der Waals surface area contributed by atoms with Crippen molar-refractivity contribution in [3.63, 3.8) is 0 Å². The van der Waals surface area contributed by atoms with Crippen LogP contribution in [-0.4, -0.2) is 34.4 Å². The number of nitrogens with one attached hydrogen (secondary N) is 2. The van der Waals surface area contributed by atoms with Gasteiger partial charge in [-0.1, -0.05) is 0 Å². The minimum absolute atomic E-state index is 0.208. The molecule has 0 spiro atoms. The molecule has 1 atom stereocenters. The van der Waals surface area contributed by atoms with Crippen molar-refractivity contribution in [3.8, 4) is 0 Å². The highest BCUT2D eigenvalue weighted by Gasteiger charge is 2.15. The van der Waals surface area contributed by atoms with E-state index in [1.54, 1.807) is 6.92 Å². The second-order valence-electron chi connectivity index (χ2n) is 3.60. The van der Waals surface area contributed by atoms with Gasteiger partial charge in [0, 0.05) is 13.2 Å². The topological polar surface area (TPSA) is 79.9 Å². The molecule has 0 unspecified atom stereocenters. The summed E-state index contributed by atoms with van der Waals surface area (Å²) in [5.41, 5.74) is 0.164. The zero-order chi connectivity index (χ0) is 10.7. The number of anilines is 1. The summed E-state index contributed by atoms with van der Waals surface area (Å²) in [6.07, 6.45) is 2.37. The number of hydrogen-bond donors (Lipinski definition) is 2. The summed E-state index contributed by atoms with van der Waals surface area (Å²) in [6.45, 7) is 3.10. The number of hydrogen-bond acceptors (Lipinski definition) is 5. The smallest absolute Gasteiger partial charge is 0.273 e. The third-order valence-electron chi connectivity index (χ3n) is 2.38. The lowest BCUT2D eigenvalue weighted by molar-refractivity contribution is 0.120. The maximum atomic E-state index is 11.2. The van der Waals surface area contributed by atoms with Crippen molar-refractivity contribution < 1.29 is 4.74 Å². The van der Waals surface area contributed by atoms with Gasteiger partial charge in [-0.2, -0.15) is 0 Å². The summed E-state index contributed by atoms with van der Waals surface area (Å²) in [7, 11) is 0. The van der Waals surface area contributed by atoms with E-state index >= 15 is 0 Å². The first-order valence-corrected chi connectivity index (χ1v) is 5.05. The third kappa shape index (κ3) is 2.53. The molecule has 6 nitrogen and oxygen atoms in total. The highest BCUT2D eigenvalue weighted by atomic mass is 16.5. The van der Waals surface area contributed by atoms with Crippen LogP contribution in [0.4, 0.5) is 5.95 Å². The van der Waals surface area contributed by atoms with Gasteiger partial charge in [0.25, 0.3) is 5.56 Å². The summed E-state index contributed by atoms with van der Waals surface area (Å²) in [5.74, 6) is 0.404. The normalized spacial score (nSPS) is 20.5. The highest BCUT2D eigenvalue weighted by Crippen LogP contribution is 2.11. The van der Waals surface area contributed by atoms with Crippen LogP contribution < -0.4 is 10.9 Å². The van der Waals surface area contributed by atoms with E-state index in [1.807, 2.05) is 0 Å². The van der Waals surface area contributed by atoms with Crippen LogP contribution in [0.1, 0.15) is 18.5 Å². The fraction of sp³-hybridized carbons (Fsp3) is 0.667.